The Labute approximate surface area is 74.6 Å². The molecule has 0 bridgehead atoms. The monoisotopic (exact) mass is 170 g/mol. The lowest BCUT2D eigenvalue weighted by molar-refractivity contribution is -0.122. The van der Waals surface area contributed by atoms with Crippen LogP contribution in [-0.4, -0.2) is 25.9 Å². The van der Waals surface area contributed by atoms with Gasteiger partial charge in [0, 0.05) is 0 Å². The van der Waals surface area contributed by atoms with Crippen LogP contribution in [0.1, 0.15) is 20.8 Å². The molecule has 1 aliphatic heterocycles. The van der Waals surface area contributed by atoms with Crippen LogP contribution in [0.15, 0.2) is 11.6 Å². The molecule has 0 atom stereocenters. The highest BCUT2D eigenvalue weighted by Crippen LogP contribution is 2.09. The molecule has 0 aromatic carbocycles. The van der Waals surface area contributed by atoms with Crippen molar-refractivity contribution in [3.8, 4) is 0 Å². The Balaban J connectivity index is 2.10. The van der Waals surface area contributed by atoms with Crippen LogP contribution in [0.3, 0.4) is 0 Å². The summed E-state index contributed by atoms with van der Waals surface area (Å²) in [5.41, 5.74) is 1.40. The van der Waals surface area contributed by atoms with Gasteiger partial charge >= 0.3 is 0 Å². The molecular weight excluding hydrogens is 152 g/mol. The minimum Gasteiger partial charge on any atom is -0.376 e. The van der Waals surface area contributed by atoms with E-state index in [1.165, 1.54) is 5.57 Å². The highest BCUT2D eigenvalue weighted by atomic mass is 16.6. The zero-order chi connectivity index (χ0) is 8.97. The van der Waals surface area contributed by atoms with Crippen molar-refractivity contribution in [1.82, 2.24) is 0 Å². The molecule has 1 saturated heterocycles. The van der Waals surface area contributed by atoms with E-state index >= 15 is 0 Å². The van der Waals surface area contributed by atoms with Crippen molar-refractivity contribution in [1.29, 1.82) is 0 Å². The van der Waals surface area contributed by atoms with Crippen LogP contribution in [-0.2, 0) is 9.47 Å². The van der Waals surface area contributed by atoms with Gasteiger partial charge in [-0.15, -0.1) is 0 Å². The molecule has 0 aromatic heterocycles. The zero-order valence-electron chi connectivity index (χ0n) is 8.17. The number of allylic oxidation sites excluding steroid dienone is 1. The van der Waals surface area contributed by atoms with E-state index in [1.54, 1.807) is 0 Å². The molecule has 0 aromatic rings. The maximum Gasteiger partial charge on any atom is 0.104 e. The molecule has 1 heterocycles. The molecule has 1 rings (SSSR count). The average Bonchev–Trinajstić information content (AvgIpc) is 1.93. The van der Waals surface area contributed by atoms with E-state index in [0.717, 1.165) is 19.8 Å². The van der Waals surface area contributed by atoms with Gasteiger partial charge in [-0.3, -0.25) is 0 Å². The van der Waals surface area contributed by atoms with Crippen LogP contribution in [0.4, 0.5) is 0 Å². The number of ether oxygens (including phenoxy) is 2. The fourth-order valence-electron chi connectivity index (χ4n) is 0.862. The predicted octanol–water partition coefficient (Wildman–Crippen LogP) is 2.00. The summed E-state index contributed by atoms with van der Waals surface area (Å²) in [5.74, 6) is 0.631. The minimum absolute atomic E-state index is 0.348. The first-order valence-corrected chi connectivity index (χ1v) is 4.56. The molecule has 1 aliphatic rings. The van der Waals surface area contributed by atoms with Gasteiger partial charge in [-0.25, -0.2) is 0 Å². The smallest absolute Gasteiger partial charge is 0.104 e. The maximum atomic E-state index is 5.50. The second kappa shape index (κ2) is 4.63. The van der Waals surface area contributed by atoms with Crippen molar-refractivity contribution in [3.63, 3.8) is 0 Å². The van der Waals surface area contributed by atoms with E-state index < -0.39 is 0 Å². The summed E-state index contributed by atoms with van der Waals surface area (Å²) in [6.07, 6.45) is 2.50. The van der Waals surface area contributed by atoms with E-state index in [2.05, 4.69) is 26.8 Å². The fraction of sp³-hybridized carbons (Fsp3) is 0.800. The molecule has 70 valence electrons. The van der Waals surface area contributed by atoms with Crippen LogP contribution < -0.4 is 0 Å². The minimum atomic E-state index is 0.348. The summed E-state index contributed by atoms with van der Waals surface area (Å²) >= 11 is 0. The van der Waals surface area contributed by atoms with Gasteiger partial charge in [0.15, 0.2) is 0 Å². The van der Waals surface area contributed by atoms with Crippen molar-refractivity contribution < 1.29 is 9.47 Å². The lowest BCUT2D eigenvalue weighted by Gasteiger charge is -2.25. The van der Waals surface area contributed by atoms with E-state index in [-0.39, 0.29) is 0 Å². The van der Waals surface area contributed by atoms with Crippen LogP contribution >= 0.6 is 0 Å². The Hall–Kier alpha value is -0.340. The molecule has 2 nitrogen and oxygen atoms in total. The van der Waals surface area contributed by atoms with Crippen molar-refractivity contribution in [3.05, 3.63) is 11.6 Å². The first-order valence-electron chi connectivity index (χ1n) is 4.56. The molecule has 0 N–H and O–H groups in total. The Morgan fingerprint density at radius 1 is 1.58 bits per heavy atom. The van der Waals surface area contributed by atoms with Gasteiger partial charge < -0.3 is 9.47 Å². The topological polar surface area (TPSA) is 18.5 Å². The third-order valence-corrected chi connectivity index (χ3v) is 2.26. The normalized spacial score (nSPS) is 19.8. The highest BCUT2D eigenvalue weighted by molar-refractivity contribution is 5.00. The Bertz CT molecular complexity index is 157. The van der Waals surface area contributed by atoms with E-state index in [0.29, 0.717) is 12.0 Å². The van der Waals surface area contributed by atoms with Crippen LogP contribution in [0.25, 0.3) is 0 Å². The summed E-state index contributed by atoms with van der Waals surface area (Å²) in [4.78, 5) is 0. The predicted molar refractivity (Wildman–Crippen MR) is 49.2 cm³/mol. The van der Waals surface area contributed by atoms with Gasteiger partial charge in [0.25, 0.3) is 0 Å². The zero-order valence-corrected chi connectivity index (χ0v) is 8.17. The summed E-state index contributed by atoms with van der Waals surface area (Å²) < 4.78 is 10.5. The summed E-state index contributed by atoms with van der Waals surface area (Å²) in [5, 5.41) is 0. The quantitative estimate of drug-likeness (QED) is 0.601. The molecule has 2 heteroatoms. The van der Waals surface area contributed by atoms with Crippen molar-refractivity contribution in [2.75, 3.05) is 19.8 Å². The average molecular weight is 170 g/mol. The summed E-state index contributed by atoms with van der Waals surface area (Å²) in [6, 6.07) is 0. The molecule has 0 spiro atoms. The lowest BCUT2D eigenvalue weighted by Crippen LogP contribution is -2.36. The maximum absolute atomic E-state index is 5.50. The Morgan fingerprint density at radius 3 is 2.67 bits per heavy atom. The van der Waals surface area contributed by atoms with Crippen molar-refractivity contribution in [2.24, 2.45) is 5.92 Å². The van der Waals surface area contributed by atoms with E-state index in [1.807, 2.05) is 0 Å². The molecular formula is C10H18O2. The fourth-order valence-corrected chi connectivity index (χ4v) is 0.862. The van der Waals surface area contributed by atoms with Gasteiger partial charge in [0.2, 0.25) is 0 Å². The second-order valence-electron chi connectivity index (χ2n) is 3.60. The molecule has 1 fully saturated rings. The van der Waals surface area contributed by atoms with Gasteiger partial charge in [-0.1, -0.05) is 25.5 Å². The Morgan fingerprint density at radius 2 is 2.25 bits per heavy atom. The largest absolute Gasteiger partial charge is 0.376 e. The van der Waals surface area contributed by atoms with Gasteiger partial charge in [0.1, 0.15) is 6.10 Å². The first kappa shape index (κ1) is 9.75. The van der Waals surface area contributed by atoms with Crippen LogP contribution in [0, 0.1) is 5.92 Å². The van der Waals surface area contributed by atoms with Crippen molar-refractivity contribution >= 4 is 0 Å². The molecule has 0 unspecified atom stereocenters. The van der Waals surface area contributed by atoms with Gasteiger partial charge in [0.05, 0.1) is 19.8 Å². The van der Waals surface area contributed by atoms with Crippen LogP contribution in [0.5, 0.6) is 0 Å². The number of hydrogen-bond donors (Lipinski definition) is 0. The molecule has 0 amide bonds. The van der Waals surface area contributed by atoms with E-state index in [9.17, 15) is 0 Å². The Kier molecular flexibility index (Phi) is 3.76. The summed E-state index contributed by atoms with van der Waals surface area (Å²) in [6.45, 7) is 8.81. The standard InChI is InChI=1S/C10H18O2/c1-8(2)9(3)4-5-12-10-6-11-7-10/h4,8,10H,5-7H2,1-3H3. The third-order valence-electron chi connectivity index (χ3n) is 2.26. The number of rotatable bonds is 4. The van der Waals surface area contributed by atoms with E-state index in [4.69, 9.17) is 9.47 Å². The first-order chi connectivity index (χ1) is 5.70. The lowest BCUT2D eigenvalue weighted by atomic mass is 10.1. The van der Waals surface area contributed by atoms with Gasteiger partial charge in [-0.2, -0.15) is 0 Å². The van der Waals surface area contributed by atoms with Crippen LogP contribution in [0.2, 0.25) is 0 Å². The molecule has 0 aliphatic carbocycles. The number of hydrogen-bond acceptors (Lipinski definition) is 2. The third kappa shape index (κ3) is 2.95. The van der Waals surface area contributed by atoms with Gasteiger partial charge in [-0.05, 0) is 12.8 Å². The summed E-state index contributed by atoms with van der Waals surface area (Å²) in [7, 11) is 0. The second-order valence-corrected chi connectivity index (χ2v) is 3.60. The highest BCUT2D eigenvalue weighted by Gasteiger charge is 2.17. The van der Waals surface area contributed by atoms with Crippen molar-refractivity contribution in [2.45, 2.75) is 26.9 Å². The SMILES string of the molecule is CC(=CCOC1COC1)C(C)C. The molecule has 0 saturated carbocycles. The molecule has 0 radical (unpaired) electrons. The molecule has 12 heavy (non-hydrogen) atoms.